The molecule has 0 spiro atoms. The summed E-state index contributed by atoms with van der Waals surface area (Å²) in [5, 5.41) is 0. The van der Waals surface area contributed by atoms with Gasteiger partial charge in [-0.25, -0.2) is 17.5 Å². The molecule has 6 nitrogen and oxygen atoms in total. The van der Waals surface area contributed by atoms with Crippen molar-refractivity contribution >= 4 is 21.9 Å². The largest absolute Gasteiger partial charge is 0.463 e. The van der Waals surface area contributed by atoms with Crippen molar-refractivity contribution in [1.82, 2.24) is 4.31 Å². The molecule has 7 heteroatoms. The summed E-state index contributed by atoms with van der Waals surface area (Å²) in [6.07, 6.45) is 1.17. The van der Waals surface area contributed by atoms with E-state index >= 15 is 0 Å². The summed E-state index contributed by atoms with van der Waals surface area (Å²) in [5.74, 6) is -1.27. The average Bonchev–Trinajstić information content (AvgIpc) is 2.68. The number of carbonyl (C=O) groups is 2. The first-order valence-electron chi connectivity index (χ1n) is 8.91. The fourth-order valence-corrected chi connectivity index (χ4v) is 4.59. The molecule has 0 N–H and O–H groups in total. The predicted octanol–water partition coefficient (Wildman–Crippen LogP) is 3.15. The van der Waals surface area contributed by atoms with Gasteiger partial charge in [0.1, 0.15) is 0 Å². The van der Waals surface area contributed by atoms with Gasteiger partial charge in [-0.3, -0.25) is 4.79 Å². The maximum absolute atomic E-state index is 13.3. The summed E-state index contributed by atoms with van der Waals surface area (Å²) >= 11 is 0. The van der Waals surface area contributed by atoms with Crippen LogP contribution in [0.4, 0.5) is 0 Å². The van der Waals surface area contributed by atoms with Crippen molar-refractivity contribution in [3.63, 3.8) is 0 Å². The van der Waals surface area contributed by atoms with Crippen LogP contribution in [0.2, 0.25) is 0 Å². The lowest BCUT2D eigenvalue weighted by Crippen LogP contribution is -2.42. The van der Waals surface area contributed by atoms with Gasteiger partial charge in [0.15, 0.2) is 0 Å². The molecule has 0 aromatic heterocycles. The van der Waals surface area contributed by atoms with Gasteiger partial charge in [0.05, 0.1) is 24.0 Å². The molecule has 2 aromatic carbocycles. The number of rotatable bonds is 5. The second kappa shape index (κ2) is 7.98. The Morgan fingerprint density at radius 1 is 1.11 bits per heavy atom. The summed E-state index contributed by atoms with van der Waals surface area (Å²) in [4.78, 5) is 25.1. The number of ether oxygens (including phenoxy) is 1. The molecule has 1 amide bonds. The second-order valence-corrected chi connectivity index (χ2v) is 8.27. The van der Waals surface area contributed by atoms with Crippen molar-refractivity contribution in [1.29, 1.82) is 0 Å². The monoisotopic (exact) mass is 399 g/mol. The van der Waals surface area contributed by atoms with Gasteiger partial charge in [0.25, 0.3) is 10.0 Å². The summed E-state index contributed by atoms with van der Waals surface area (Å²) in [6, 6.07) is 14.1. The van der Waals surface area contributed by atoms with Crippen LogP contribution in [0.15, 0.2) is 71.1 Å². The van der Waals surface area contributed by atoms with Crippen molar-refractivity contribution in [2.75, 3.05) is 6.61 Å². The van der Waals surface area contributed by atoms with Crippen LogP contribution in [-0.2, 0) is 24.3 Å². The van der Waals surface area contributed by atoms with E-state index in [0.717, 1.165) is 9.87 Å². The third-order valence-corrected chi connectivity index (χ3v) is 6.27. The molecule has 0 unspecified atom stereocenters. The fourth-order valence-electron chi connectivity index (χ4n) is 3.07. The van der Waals surface area contributed by atoms with E-state index in [4.69, 9.17) is 4.74 Å². The molecule has 2 aromatic rings. The van der Waals surface area contributed by atoms with Crippen molar-refractivity contribution in [2.45, 2.75) is 31.2 Å². The molecule has 1 aliphatic rings. The molecule has 3 rings (SSSR count). The Labute approximate surface area is 164 Å². The minimum Gasteiger partial charge on any atom is -0.463 e. The lowest BCUT2D eigenvalue weighted by molar-refractivity contribution is -0.140. The highest BCUT2D eigenvalue weighted by Crippen LogP contribution is 2.35. The molecule has 28 heavy (non-hydrogen) atoms. The number of hydrogen-bond donors (Lipinski definition) is 0. The topological polar surface area (TPSA) is 80.8 Å². The van der Waals surface area contributed by atoms with Crippen molar-refractivity contribution in [3.8, 4) is 0 Å². The highest BCUT2D eigenvalue weighted by atomic mass is 32.2. The molecule has 0 aliphatic carbocycles. The van der Waals surface area contributed by atoms with Gasteiger partial charge in [-0.15, -0.1) is 0 Å². The summed E-state index contributed by atoms with van der Waals surface area (Å²) < 4.78 is 32.4. The third-order valence-electron chi connectivity index (χ3n) is 4.46. The maximum Gasteiger partial charge on any atom is 0.334 e. The number of hydrogen-bond acceptors (Lipinski definition) is 5. The minimum atomic E-state index is -4.10. The first-order chi connectivity index (χ1) is 13.3. The lowest BCUT2D eigenvalue weighted by atomic mass is 9.98. The average molecular weight is 399 g/mol. The second-order valence-electron chi connectivity index (χ2n) is 6.45. The highest BCUT2D eigenvalue weighted by molar-refractivity contribution is 7.89. The number of carbonyl (C=O) groups excluding carboxylic acids is 2. The first kappa shape index (κ1) is 19.8. The maximum atomic E-state index is 13.3. The summed E-state index contributed by atoms with van der Waals surface area (Å²) in [5.41, 5.74) is 1.66. The lowest BCUT2D eigenvalue weighted by Gasteiger charge is -2.33. The van der Waals surface area contributed by atoms with Crippen LogP contribution in [0, 0.1) is 6.92 Å². The molecular weight excluding hydrogens is 378 g/mol. The van der Waals surface area contributed by atoms with Gasteiger partial charge in [-0.05, 0) is 37.6 Å². The molecule has 0 saturated heterocycles. The number of nitrogens with zero attached hydrogens (tertiary/aromatic N) is 1. The van der Waals surface area contributed by atoms with E-state index < -0.39 is 27.9 Å². The zero-order chi connectivity index (χ0) is 20.3. The van der Waals surface area contributed by atoms with Gasteiger partial charge < -0.3 is 4.74 Å². The standard InChI is InChI=1S/C21H21NO5S/c1-3-27-21(24)17-13-19(16-7-5-4-6-8-16)22(20(23)14-17)28(25,26)18-11-9-15(2)10-12-18/h4-13,19H,3,14H2,1-2H3/t19-/m0/s1. The molecule has 0 saturated carbocycles. The van der Waals surface area contributed by atoms with Crippen LogP contribution < -0.4 is 0 Å². The molecule has 0 bridgehead atoms. The van der Waals surface area contributed by atoms with Crippen LogP contribution in [0.1, 0.15) is 30.5 Å². The van der Waals surface area contributed by atoms with Crippen LogP contribution in [0.25, 0.3) is 0 Å². The zero-order valence-corrected chi connectivity index (χ0v) is 16.5. The van der Waals surface area contributed by atoms with Gasteiger partial charge >= 0.3 is 5.97 Å². The normalized spacial score (nSPS) is 17.2. The van der Waals surface area contributed by atoms with E-state index in [1.165, 1.54) is 18.2 Å². The molecule has 1 heterocycles. The van der Waals surface area contributed by atoms with Crippen LogP contribution in [0.3, 0.4) is 0 Å². The molecule has 0 radical (unpaired) electrons. The number of benzene rings is 2. The number of aryl methyl sites for hydroxylation is 1. The first-order valence-corrected chi connectivity index (χ1v) is 10.3. The third kappa shape index (κ3) is 3.84. The fraction of sp³-hybridized carbons (Fsp3) is 0.238. The Morgan fingerprint density at radius 2 is 1.75 bits per heavy atom. The van der Waals surface area contributed by atoms with Crippen LogP contribution in [-0.4, -0.2) is 31.2 Å². The number of sulfonamides is 1. The van der Waals surface area contributed by atoms with E-state index in [0.29, 0.717) is 5.56 Å². The van der Waals surface area contributed by atoms with E-state index in [1.807, 2.05) is 6.92 Å². The van der Waals surface area contributed by atoms with Gasteiger partial charge in [-0.2, -0.15) is 0 Å². The molecule has 146 valence electrons. The van der Waals surface area contributed by atoms with E-state index in [1.54, 1.807) is 49.4 Å². The van der Waals surface area contributed by atoms with Crippen molar-refractivity contribution in [3.05, 3.63) is 77.4 Å². The van der Waals surface area contributed by atoms with E-state index in [-0.39, 0.29) is 23.5 Å². The molecule has 0 fully saturated rings. The van der Waals surface area contributed by atoms with Gasteiger partial charge in [0.2, 0.25) is 5.91 Å². The molecular formula is C21H21NO5S. The van der Waals surface area contributed by atoms with E-state index in [9.17, 15) is 18.0 Å². The van der Waals surface area contributed by atoms with Crippen molar-refractivity contribution < 1.29 is 22.7 Å². The Bertz CT molecular complexity index is 1010. The van der Waals surface area contributed by atoms with Gasteiger partial charge in [-0.1, -0.05) is 48.0 Å². The highest BCUT2D eigenvalue weighted by Gasteiger charge is 2.40. The quantitative estimate of drug-likeness (QED) is 0.722. The summed E-state index contributed by atoms with van der Waals surface area (Å²) in [6.45, 7) is 3.70. The number of amides is 1. The molecule has 1 aliphatic heterocycles. The minimum absolute atomic E-state index is 0.0281. The van der Waals surface area contributed by atoms with Crippen molar-refractivity contribution in [2.24, 2.45) is 0 Å². The summed E-state index contributed by atoms with van der Waals surface area (Å²) in [7, 11) is -4.10. The van der Waals surface area contributed by atoms with Crippen LogP contribution in [0.5, 0.6) is 0 Å². The Morgan fingerprint density at radius 3 is 2.36 bits per heavy atom. The smallest absolute Gasteiger partial charge is 0.334 e. The number of esters is 1. The van der Waals surface area contributed by atoms with Crippen LogP contribution >= 0.6 is 0 Å². The van der Waals surface area contributed by atoms with E-state index in [2.05, 4.69) is 0 Å². The Balaban J connectivity index is 2.11. The zero-order valence-electron chi connectivity index (χ0n) is 15.7. The Kier molecular flexibility index (Phi) is 5.65. The SMILES string of the molecule is CCOC(=O)C1=C[C@@H](c2ccccc2)N(S(=O)(=O)c2ccc(C)cc2)C(=O)C1. The Hall–Kier alpha value is -2.93. The molecule has 1 atom stereocenters. The van der Waals surface area contributed by atoms with Gasteiger partial charge in [0, 0.05) is 5.57 Å². The predicted molar refractivity (Wildman–Crippen MR) is 104 cm³/mol.